The summed E-state index contributed by atoms with van der Waals surface area (Å²) in [5, 5.41) is 0. The van der Waals surface area contributed by atoms with Crippen molar-refractivity contribution in [3.05, 3.63) is 29.8 Å². The Labute approximate surface area is 98.2 Å². The van der Waals surface area contributed by atoms with Crippen LogP contribution in [0.3, 0.4) is 0 Å². The number of anilines is 1. The van der Waals surface area contributed by atoms with E-state index >= 15 is 0 Å². The first-order chi connectivity index (χ1) is 7.65. The summed E-state index contributed by atoms with van der Waals surface area (Å²) in [5.41, 5.74) is 7.87. The molecule has 0 radical (unpaired) electrons. The fourth-order valence-electron chi connectivity index (χ4n) is 1.73. The third-order valence-corrected chi connectivity index (χ3v) is 2.91. The van der Waals surface area contributed by atoms with E-state index in [4.69, 9.17) is 10.5 Å². The Morgan fingerprint density at radius 3 is 2.81 bits per heavy atom. The molecule has 1 rings (SSSR count). The Morgan fingerprint density at radius 1 is 1.44 bits per heavy atom. The van der Waals surface area contributed by atoms with Crippen LogP contribution in [0.1, 0.15) is 24.9 Å². The van der Waals surface area contributed by atoms with E-state index in [-0.39, 0.29) is 0 Å². The van der Waals surface area contributed by atoms with E-state index in [0.717, 1.165) is 25.3 Å². The van der Waals surface area contributed by atoms with Crippen molar-refractivity contribution >= 4 is 5.69 Å². The van der Waals surface area contributed by atoms with Crippen molar-refractivity contribution in [2.75, 3.05) is 33.0 Å². The van der Waals surface area contributed by atoms with Gasteiger partial charge < -0.3 is 10.5 Å². The molecule has 3 heteroatoms. The van der Waals surface area contributed by atoms with Crippen molar-refractivity contribution in [3.63, 3.8) is 0 Å². The lowest BCUT2D eigenvalue weighted by atomic mass is 10.1. The van der Waals surface area contributed by atoms with E-state index in [1.165, 1.54) is 5.56 Å². The number of nitrogens with two attached hydrogens (primary N) is 1. The second kappa shape index (κ2) is 6.51. The molecule has 1 unspecified atom stereocenters. The number of ether oxygens (including phenoxy) is 1. The Morgan fingerprint density at radius 2 is 2.19 bits per heavy atom. The molecule has 0 aliphatic rings. The maximum absolute atomic E-state index is 5.78. The van der Waals surface area contributed by atoms with Crippen LogP contribution < -0.4 is 5.73 Å². The average molecular weight is 222 g/mol. The third-order valence-electron chi connectivity index (χ3n) is 2.91. The number of nitrogen functional groups attached to an aromatic ring is 1. The Balaban J connectivity index is 2.52. The number of hydrogen-bond donors (Lipinski definition) is 1. The second-order valence-corrected chi connectivity index (χ2v) is 4.17. The van der Waals surface area contributed by atoms with Gasteiger partial charge in [0.05, 0.1) is 0 Å². The summed E-state index contributed by atoms with van der Waals surface area (Å²) in [6, 6.07) is 8.47. The Hall–Kier alpha value is -1.06. The standard InChI is InChI=1S/C13H22N2O/c1-11(15(2)8-5-9-16-3)12-6-4-7-13(14)10-12/h4,6-7,10-11H,5,8-9,14H2,1-3H3. The number of hydrogen-bond acceptors (Lipinski definition) is 3. The summed E-state index contributed by atoms with van der Waals surface area (Å²) < 4.78 is 5.05. The zero-order chi connectivity index (χ0) is 12.0. The van der Waals surface area contributed by atoms with Gasteiger partial charge in [0.2, 0.25) is 0 Å². The fourth-order valence-corrected chi connectivity index (χ4v) is 1.73. The molecule has 2 N–H and O–H groups in total. The van der Waals surface area contributed by atoms with Crippen LogP contribution in [0.4, 0.5) is 5.69 Å². The van der Waals surface area contributed by atoms with Gasteiger partial charge in [0.1, 0.15) is 0 Å². The summed E-state index contributed by atoms with van der Waals surface area (Å²) in [7, 11) is 3.87. The van der Waals surface area contributed by atoms with Crippen LogP contribution in [0.2, 0.25) is 0 Å². The van der Waals surface area contributed by atoms with Gasteiger partial charge in [-0.1, -0.05) is 12.1 Å². The highest BCUT2D eigenvalue weighted by Crippen LogP contribution is 2.20. The zero-order valence-corrected chi connectivity index (χ0v) is 10.4. The van der Waals surface area contributed by atoms with Crippen LogP contribution in [0.25, 0.3) is 0 Å². The molecule has 0 spiro atoms. The smallest absolute Gasteiger partial charge is 0.0474 e. The fraction of sp³-hybridized carbons (Fsp3) is 0.538. The largest absolute Gasteiger partial charge is 0.399 e. The quantitative estimate of drug-likeness (QED) is 0.593. The monoisotopic (exact) mass is 222 g/mol. The van der Waals surface area contributed by atoms with E-state index in [1.54, 1.807) is 7.11 Å². The van der Waals surface area contributed by atoms with Crippen molar-refractivity contribution in [2.24, 2.45) is 0 Å². The third kappa shape index (κ3) is 3.83. The number of methoxy groups -OCH3 is 1. The van der Waals surface area contributed by atoms with Crippen LogP contribution in [0.15, 0.2) is 24.3 Å². The molecule has 90 valence electrons. The van der Waals surface area contributed by atoms with Gasteiger partial charge in [-0.2, -0.15) is 0 Å². The highest BCUT2D eigenvalue weighted by molar-refractivity contribution is 5.41. The molecule has 0 amide bonds. The van der Waals surface area contributed by atoms with E-state index in [0.29, 0.717) is 6.04 Å². The van der Waals surface area contributed by atoms with Crippen LogP contribution >= 0.6 is 0 Å². The molecular weight excluding hydrogens is 200 g/mol. The second-order valence-electron chi connectivity index (χ2n) is 4.17. The molecule has 0 saturated carbocycles. The molecular formula is C13H22N2O. The van der Waals surface area contributed by atoms with E-state index < -0.39 is 0 Å². The van der Waals surface area contributed by atoms with Crippen LogP contribution in [-0.4, -0.2) is 32.2 Å². The number of nitrogens with zero attached hydrogens (tertiary/aromatic N) is 1. The molecule has 1 atom stereocenters. The molecule has 1 aromatic carbocycles. The summed E-state index contributed by atoms with van der Waals surface area (Å²) in [4.78, 5) is 2.31. The topological polar surface area (TPSA) is 38.5 Å². The van der Waals surface area contributed by atoms with E-state index in [2.05, 4.69) is 24.9 Å². The van der Waals surface area contributed by atoms with Gasteiger partial charge in [-0.25, -0.2) is 0 Å². The van der Waals surface area contributed by atoms with Gasteiger partial charge in [-0.15, -0.1) is 0 Å². The summed E-state index contributed by atoms with van der Waals surface area (Å²) in [6.07, 6.45) is 1.06. The van der Waals surface area contributed by atoms with Gasteiger partial charge >= 0.3 is 0 Å². The van der Waals surface area contributed by atoms with Crippen molar-refractivity contribution in [1.29, 1.82) is 0 Å². The Kier molecular flexibility index (Phi) is 5.29. The van der Waals surface area contributed by atoms with Gasteiger partial charge in [0.15, 0.2) is 0 Å². The summed E-state index contributed by atoms with van der Waals surface area (Å²) in [5.74, 6) is 0. The lowest BCUT2D eigenvalue weighted by molar-refractivity contribution is 0.168. The predicted octanol–water partition coefficient (Wildman–Crippen LogP) is 2.30. The lowest BCUT2D eigenvalue weighted by Crippen LogP contribution is -2.24. The average Bonchev–Trinajstić information content (AvgIpc) is 2.28. The van der Waals surface area contributed by atoms with E-state index in [1.807, 2.05) is 18.2 Å². The molecule has 0 fully saturated rings. The minimum absolute atomic E-state index is 0.389. The van der Waals surface area contributed by atoms with Gasteiger partial charge in [-0.05, 0) is 38.1 Å². The van der Waals surface area contributed by atoms with Crippen molar-refractivity contribution in [3.8, 4) is 0 Å². The molecule has 0 aliphatic heterocycles. The lowest BCUT2D eigenvalue weighted by Gasteiger charge is -2.25. The summed E-state index contributed by atoms with van der Waals surface area (Å²) >= 11 is 0. The molecule has 3 nitrogen and oxygen atoms in total. The van der Waals surface area contributed by atoms with Crippen molar-refractivity contribution < 1.29 is 4.74 Å². The molecule has 0 heterocycles. The minimum Gasteiger partial charge on any atom is -0.399 e. The summed E-state index contributed by atoms with van der Waals surface area (Å²) in [6.45, 7) is 4.04. The molecule has 0 bridgehead atoms. The SMILES string of the molecule is COCCCN(C)C(C)c1cccc(N)c1. The van der Waals surface area contributed by atoms with Crippen LogP contribution in [0, 0.1) is 0 Å². The van der Waals surface area contributed by atoms with E-state index in [9.17, 15) is 0 Å². The van der Waals surface area contributed by atoms with Crippen LogP contribution in [-0.2, 0) is 4.74 Å². The van der Waals surface area contributed by atoms with Crippen LogP contribution in [0.5, 0.6) is 0 Å². The molecule has 0 saturated heterocycles. The first-order valence-corrected chi connectivity index (χ1v) is 5.69. The number of rotatable bonds is 6. The molecule has 0 aromatic heterocycles. The molecule has 16 heavy (non-hydrogen) atoms. The normalized spacial score (nSPS) is 13.0. The maximum atomic E-state index is 5.78. The number of benzene rings is 1. The van der Waals surface area contributed by atoms with Gasteiger partial charge in [0, 0.05) is 32.0 Å². The Bertz CT molecular complexity index is 315. The molecule has 1 aromatic rings. The minimum atomic E-state index is 0.389. The first-order valence-electron chi connectivity index (χ1n) is 5.69. The van der Waals surface area contributed by atoms with Gasteiger partial charge in [0.25, 0.3) is 0 Å². The van der Waals surface area contributed by atoms with Gasteiger partial charge in [-0.3, -0.25) is 4.90 Å². The highest BCUT2D eigenvalue weighted by atomic mass is 16.5. The maximum Gasteiger partial charge on any atom is 0.0474 e. The van der Waals surface area contributed by atoms with Crippen molar-refractivity contribution in [1.82, 2.24) is 4.90 Å². The molecule has 0 aliphatic carbocycles. The predicted molar refractivity (Wildman–Crippen MR) is 68.4 cm³/mol. The van der Waals surface area contributed by atoms with Crippen molar-refractivity contribution in [2.45, 2.75) is 19.4 Å². The zero-order valence-electron chi connectivity index (χ0n) is 10.4. The highest BCUT2D eigenvalue weighted by Gasteiger charge is 2.10. The first kappa shape index (κ1) is 13.0.